The third kappa shape index (κ3) is 8.30. The van der Waals surface area contributed by atoms with Gasteiger partial charge in [0.15, 0.2) is 0 Å². The monoisotopic (exact) mass is 665 g/mol. The summed E-state index contributed by atoms with van der Waals surface area (Å²) in [5.74, 6) is -1.60. The van der Waals surface area contributed by atoms with E-state index in [4.69, 9.17) is 0 Å². The minimum atomic E-state index is -4.21. The van der Waals surface area contributed by atoms with Crippen LogP contribution in [-0.4, -0.2) is 44.3 Å². The molecule has 0 aliphatic carbocycles. The molecule has 0 saturated heterocycles. The summed E-state index contributed by atoms with van der Waals surface area (Å²) in [7, 11) is -4.21. The number of carbonyl (C=O) groups is 2. The van der Waals surface area contributed by atoms with Crippen LogP contribution in [0.1, 0.15) is 24.5 Å². The number of nitrogens with one attached hydrogen (secondary N) is 1. The van der Waals surface area contributed by atoms with E-state index in [1.165, 1.54) is 23.1 Å². The summed E-state index contributed by atoms with van der Waals surface area (Å²) in [5, 5.41) is 2.87. The molecule has 2 amide bonds. The van der Waals surface area contributed by atoms with Crippen LogP contribution < -0.4 is 9.62 Å². The first-order valence-corrected chi connectivity index (χ1v) is 16.1. The lowest BCUT2D eigenvalue weighted by molar-refractivity contribution is -0.140. The molecule has 0 bridgehead atoms. The number of halogens is 2. The molecule has 1 N–H and O–H groups in total. The van der Waals surface area contributed by atoms with Crippen LogP contribution in [0.2, 0.25) is 0 Å². The summed E-state index contributed by atoms with van der Waals surface area (Å²) in [5.41, 5.74) is 1.26. The average molecular weight is 667 g/mol. The van der Waals surface area contributed by atoms with Crippen LogP contribution in [0.4, 0.5) is 10.1 Å². The normalized spacial score (nSPS) is 11.9. The van der Waals surface area contributed by atoms with Crippen LogP contribution in [0, 0.1) is 5.82 Å². The third-order valence-electron chi connectivity index (χ3n) is 6.83. The van der Waals surface area contributed by atoms with Gasteiger partial charge in [-0.15, -0.1) is 0 Å². The number of sulfonamides is 1. The van der Waals surface area contributed by atoms with E-state index in [1.807, 2.05) is 37.3 Å². The van der Waals surface area contributed by atoms with Gasteiger partial charge in [-0.3, -0.25) is 13.9 Å². The molecule has 224 valence electrons. The molecular formula is C33H33BrFN3O4S. The van der Waals surface area contributed by atoms with Crippen LogP contribution in [-0.2, 0) is 32.6 Å². The first kappa shape index (κ1) is 31.9. The molecule has 0 aliphatic rings. The van der Waals surface area contributed by atoms with Crippen molar-refractivity contribution in [1.82, 2.24) is 10.2 Å². The maximum Gasteiger partial charge on any atom is 0.264 e. The first-order valence-electron chi connectivity index (χ1n) is 13.9. The molecule has 4 aromatic rings. The summed E-state index contributed by atoms with van der Waals surface area (Å²) < 4.78 is 44.5. The number of rotatable bonds is 13. The van der Waals surface area contributed by atoms with Gasteiger partial charge in [0.05, 0.1) is 10.6 Å². The molecule has 10 heteroatoms. The smallest absolute Gasteiger partial charge is 0.264 e. The second-order valence-electron chi connectivity index (χ2n) is 9.91. The molecule has 0 fully saturated rings. The average Bonchev–Trinajstić information content (AvgIpc) is 3.02. The molecule has 0 aromatic heterocycles. The summed E-state index contributed by atoms with van der Waals surface area (Å²) in [6.07, 6.45) is 0.829. The highest BCUT2D eigenvalue weighted by Crippen LogP contribution is 2.27. The van der Waals surface area contributed by atoms with Crippen molar-refractivity contribution in [3.8, 4) is 0 Å². The highest BCUT2D eigenvalue weighted by atomic mass is 79.9. The fourth-order valence-electron chi connectivity index (χ4n) is 4.61. The number of amides is 2. The van der Waals surface area contributed by atoms with Gasteiger partial charge in [-0.05, 0) is 48.4 Å². The largest absolute Gasteiger partial charge is 0.354 e. The van der Waals surface area contributed by atoms with Crippen LogP contribution in [0.3, 0.4) is 0 Å². The van der Waals surface area contributed by atoms with Gasteiger partial charge >= 0.3 is 0 Å². The van der Waals surface area contributed by atoms with E-state index < -0.39 is 40.2 Å². The van der Waals surface area contributed by atoms with Crippen LogP contribution >= 0.6 is 15.9 Å². The molecule has 0 saturated carbocycles. The predicted octanol–water partition coefficient (Wildman–Crippen LogP) is 5.95. The number of carbonyl (C=O) groups excluding carboxylic acids is 2. The van der Waals surface area contributed by atoms with Gasteiger partial charge < -0.3 is 10.2 Å². The molecule has 0 spiro atoms. The second kappa shape index (κ2) is 14.9. The maximum absolute atomic E-state index is 14.9. The SMILES string of the molecule is CCCNC(=O)[C@H](Cc1ccccc1)N(Cc1ccccc1F)C(=O)CN(c1cccc(Br)c1)S(=O)(=O)c1ccccc1. The van der Waals surface area contributed by atoms with Crippen molar-refractivity contribution in [2.45, 2.75) is 37.2 Å². The molecule has 0 heterocycles. The molecular weight excluding hydrogens is 633 g/mol. The third-order valence-corrected chi connectivity index (χ3v) is 9.11. The van der Waals surface area contributed by atoms with E-state index in [1.54, 1.807) is 60.7 Å². The Morgan fingerprint density at radius 1 is 0.884 bits per heavy atom. The van der Waals surface area contributed by atoms with Crippen molar-refractivity contribution in [3.63, 3.8) is 0 Å². The van der Waals surface area contributed by atoms with Gasteiger partial charge in [-0.25, -0.2) is 12.8 Å². The van der Waals surface area contributed by atoms with E-state index in [0.717, 1.165) is 9.87 Å². The standard InChI is InChI=1S/C33H33BrFN3O4S/c1-2-20-36-33(40)31(21-25-12-5-3-6-13-25)37(23-26-14-9-10-19-30(26)35)32(39)24-38(28-16-11-15-27(34)22-28)43(41,42)29-17-7-4-8-18-29/h3-19,22,31H,2,20-21,23-24H2,1H3,(H,36,40)/t31-/m0/s1. The lowest BCUT2D eigenvalue weighted by atomic mass is 10.0. The number of benzene rings is 4. The predicted molar refractivity (Wildman–Crippen MR) is 169 cm³/mol. The fourth-order valence-corrected chi connectivity index (χ4v) is 6.42. The number of hydrogen-bond acceptors (Lipinski definition) is 4. The summed E-state index contributed by atoms with van der Waals surface area (Å²) in [6, 6.07) is 28.6. The highest BCUT2D eigenvalue weighted by Gasteiger charge is 2.35. The molecule has 1 atom stereocenters. The highest BCUT2D eigenvalue weighted by molar-refractivity contribution is 9.10. The minimum absolute atomic E-state index is 0.00459. The molecule has 0 unspecified atom stereocenters. The van der Waals surface area contributed by atoms with E-state index in [-0.39, 0.29) is 29.1 Å². The summed E-state index contributed by atoms with van der Waals surface area (Å²) >= 11 is 3.39. The Bertz CT molecular complexity index is 1640. The molecule has 7 nitrogen and oxygen atoms in total. The Hall–Kier alpha value is -4.02. The zero-order valence-electron chi connectivity index (χ0n) is 23.7. The van der Waals surface area contributed by atoms with E-state index in [9.17, 15) is 22.4 Å². The van der Waals surface area contributed by atoms with Crippen molar-refractivity contribution < 1.29 is 22.4 Å². The van der Waals surface area contributed by atoms with Gasteiger partial charge in [0.25, 0.3) is 10.0 Å². The van der Waals surface area contributed by atoms with E-state index in [2.05, 4.69) is 21.2 Å². The summed E-state index contributed by atoms with van der Waals surface area (Å²) in [6.45, 7) is 1.45. The number of nitrogens with zero attached hydrogens (tertiary/aromatic N) is 2. The van der Waals surface area contributed by atoms with Crippen molar-refractivity contribution in [2.75, 3.05) is 17.4 Å². The van der Waals surface area contributed by atoms with Gasteiger partial charge in [0, 0.05) is 29.5 Å². The quantitative estimate of drug-likeness (QED) is 0.191. The maximum atomic E-state index is 14.9. The van der Waals surface area contributed by atoms with Crippen molar-refractivity contribution in [1.29, 1.82) is 0 Å². The Morgan fingerprint density at radius 3 is 2.19 bits per heavy atom. The molecule has 43 heavy (non-hydrogen) atoms. The Morgan fingerprint density at radius 2 is 1.53 bits per heavy atom. The zero-order valence-corrected chi connectivity index (χ0v) is 26.1. The van der Waals surface area contributed by atoms with Gasteiger partial charge in [0.1, 0.15) is 18.4 Å². The molecule has 4 aromatic carbocycles. The zero-order chi connectivity index (χ0) is 30.8. The van der Waals surface area contributed by atoms with Crippen molar-refractivity contribution in [3.05, 3.63) is 131 Å². The minimum Gasteiger partial charge on any atom is -0.354 e. The van der Waals surface area contributed by atoms with Crippen molar-refractivity contribution >= 4 is 43.5 Å². The van der Waals surface area contributed by atoms with Crippen LogP contribution in [0.5, 0.6) is 0 Å². The van der Waals surface area contributed by atoms with E-state index >= 15 is 0 Å². The number of hydrogen-bond donors (Lipinski definition) is 1. The molecule has 0 aliphatic heterocycles. The lowest BCUT2D eigenvalue weighted by Crippen LogP contribution is -2.53. The Labute approximate surface area is 260 Å². The van der Waals surface area contributed by atoms with Crippen LogP contribution in [0.25, 0.3) is 0 Å². The van der Waals surface area contributed by atoms with Crippen molar-refractivity contribution in [2.24, 2.45) is 0 Å². The summed E-state index contributed by atoms with van der Waals surface area (Å²) in [4.78, 5) is 29.2. The van der Waals surface area contributed by atoms with E-state index in [0.29, 0.717) is 17.4 Å². The van der Waals surface area contributed by atoms with Crippen LogP contribution in [0.15, 0.2) is 119 Å². The first-order chi connectivity index (χ1) is 20.7. The topological polar surface area (TPSA) is 86.8 Å². The Balaban J connectivity index is 1.80. The lowest BCUT2D eigenvalue weighted by Gasteiger charge is -2.34. The molecule has 0 radical (unpaired) electrons. The fraction of sp³-hybridized carbons (Fsp3) is 0.212. The van der Waals surface area contributed by atoms with Gasteiger partial charge in [0.2, 0.25) is 11.8 Å². The molecule has 4 rings (SSSR count). The van der Waals surface area contributed by atoms with Gasteiger partial charge in [-0.2, -0.15) is 0 Å². The number of anilines is 1. The van der Waals surface area contributed by atoms with Gasteiger partial charge in [-0.1, -0.05) is 95.7 Å². The Kier molecular flexibility index (Phi) is 11.1. The second-order valence-corrected chi connectivity index (χ2v) is 12.7.